The number of halogens is 2. The second-order valence-corrected chi connectivity index (χ2v) is 2.08. The molecule has 0 spiro atoms. The summed E-state index contributed by atoms with van der Waals surface area (Å²) >= 11 is 0. The van der Waals surface area contributed by atoms with Crippen molar-refractivity contribution in [3.63, 3.8) is 0 Å². The second-order valence-electron chi connectivity index (χ2n) is 2.08. The highest BCUT2D eigenvalue weighted by molar-refractivity contribution is 5.19. The average molecular weight is 174 g/mol. The molecule has 0 atom stereocenters. The van der Waals surface area contributed by atoms with Crippen LogP contribution in [0.3, 0.4) is 0 Å². The van der Waals surface area contributed by atoms with Crippen LogP contribution in [0.2, 0.25) is 0 Å². The molecule has 0 radical (unpaired) electrons. The number of hydrogen-bond acceptors (Lipinski definition) is 3. The van der Waals surface area contributed by atoms with Crippen molar-refractivity contribution >= 4 is 0 Å². The van der Waals surface area contributed by atoms with E-state index in [1.165, 1.54) is 12.3 Å². The zero-order chi connectivity index (χ0) is 8.97. The summed E-state index contributed by atoms with van der Waals surface area (Å²) in [5.41, 5.74) is 5.99. The van der Waals surface area contributed by atoms with E-state index >= 15 is 0 Å². The Morgan fingerprint density at radius 2 is 2.33 bits per heavy atom. The molecule has 1 aromatic heterocycles. The Labute approximate surface area is 68.2 Å². The van der Waals surface area contributed by atoms with Gasteiger partial charge in [0.25, 0.3) is 0 Å². The predicted molar refractivity (Wildman–Crippen MR) is 38.8 cm³/mol. The van der Waals surface area contributed by atoms with Gasteiger partial charge in [-0.25, -0.2) is 4.98 Å². The standard InChI is InChI=1S/C7H8F2N2O/c8-7(9)12-6-3-5(4-10)1-2-11-6/h1-3,7H,4,10H2. The fourth-order valence-corrected chi connectivity index (χ4v) is 0.733. The fraction of sp³-hybridized carbons (Fsp3) is 0.286. The van der Waals surface area contributed by atoms with Crippen LogP contribution >= 0.6 is 0 Å². The third-order valence-corrected chi connectivity index (χ3v) is 1.24. The van der Waals surface area contributed by atoms with Crippen LogP contribution in [0.15, 0.2) is 18.3 Å². The molecule has 3 nitrogen and oxygen atoms in total. The van der Waals surface area contributed by atoms with Crippen LogP contribution in [0.5, 0.6) is 5.88 Å². The topological polar surface area (TPSA) is 48.1 Å². The van der Waals surface area contributed by atoms with Crippen molar-refractivity contribution in [1.82, 2.24) is 4.98 Å². The van der Waals surface area contributed by atoms with Crippen LogP contribution in [0.1, 0.15) is 5.56 Å². The third-order valence-electron chi connectivity index (χ3n) is 1.24. The molecular formula is C7H8F2N2O. The summed E-state index contributed by atoms with van der Waals surface area (Å²) in [7, 11) is 0. The summed E-state index contributed by atoms with van der Waals surface area (Å²) < 4.78 is 27.4. The number of alkyl halides is 2. The zero-order valence-electron chi connectivity index (χ0n) is 6.21. The molecule has 0 aliphatic carbocycles. The highest BCUT2D eigenvalue weighted by Gasteiger charge is 2.04. The van der Waals surface area contributed by atoms with E-state index in [1.807, 2.05) is 0 Å². The maximum absolute atomic E-state index is 11.7. The summed E-state index contributed by atoms with van der Waals surface area (Å²) in [5, 5.41) is 0. The minimum Gasteiger partial charge on any atom is -0.417 e. The molecule has 5 heteroatoms. The molecule has 0 bridgehead atoms. The minimum absolute atomic E-state index is 0.104. The number of nitrogens with two attached hydrogens (primary N) is 1. The summed E-state index contributed by atoms with van der Waals surface area (Å²) in [5.74, 6) is -0.104. The van der Waals surface area contributed by atoms with Crippen molar-refractivity contribution in [2.75, 3.05) is 0 Å². The van der Waals surface area contributed by atoms with E-state index in [-0.39, 0.29) is 12.4 Å². The minimum atomic E-state index is -2.84. The van der Waals surface area contributed by atoms with Gasteiger partial charge in [0, 0.05) is 18.8 Å². The van der Waals surface area contributed by atoms with Crippen molar-refractivity contribution in [2.24, 2.45) is 5.73 Å². The van der Waals surface area contributed by atoms with Gasteiger partial charge in [0.1, 0.15) is 0 Å². The van der Waals surface area contributed by atoms with Crippen LogP contribution in [0, 0.1) is 0 Å². The molecular weight excluding hydrogens is 166 g/mol. The molecule has 1 heterocycles. The Kier molecular flexibility index (Phi) is 2.93. The van der Waals surface area contributed by atoms with Gasteiger partial charge in [0.2, 0.25) is 5.88 Å². The first-order valence-corrected chi connectivity index (χ1v) is 3.32. The van der Waals surface area contributed by atoms with Gasteiger partial charge < -0.3 is 10.5 Å². The van der Waals surface area contributed by atoms with Gasteiger partial charge in [-0.1, -0.05) is 0 Å². The molecule has 0 saturated carbocycles. The number of aromatic nitrogens is 1. The van der Waals surface area contributed by atoms with Crippen molar-refractivity contribution in [1.29, 1.82) is 0 Å². The predicted octanol–water partition coefficient (Wildman–Crippen LogP) is 1.14. The summed E-state index contributed by atoms with van der Waals surface area (Å²) in [4.78, 5) is 3.57. The molecule has 1 aromatic rings. The quantitative estimate of drug-likeness (QED) is 0.747. The number of pyridine rings is 1. The van der Waals surface area contributed by atoms with Crippen LogP contribution in [0.25, 0.3) is 0 Å². The molecule has 0 aliphatic heterocycles. The smallest absolute Gasteiger partial charge is 0.388 e. The fourth-order valence-electron chi connectivity index (χ4n) is 0.733. The summed E-state index contributed by atoms with van der Waals surface area (Å²) in [6.07, 6.45) is 1.37. The van der Waals surface area contributed by atoms with Crippen LogP contribution in [0.4, 0.5) is 8.78 Å². The first-order valence-electron chi connectivity index (χ1n) is 3.32. The van der Waals surface area contributed by atoms with Crippen molar-refractivity contribution in [2.45, 2.75) is 13.2 Å². The van der Waals surface area contributed by atoms with Gasteiger partial charge in [-0.15, -0.1) is 0 Å². The zero-order valence-corrected chi connectivity index (χ0v) is 6.21. The second kappa shape index (κ2) is 3.96. The van der Waals surface area contributed by atoms with Crippen molar-refractivity contribution < 1.29 is 13.5 Å². The van der Waals surface area contributed by atoms with Gasteiger partial charge in [-0.2, -0.15) is 8.78 Å². The highest BCUT2D eigenvalue weighted by Crippen LogP contribution is 2.11. The molecule has 2 N–H and O–H groups in total. The third kappa shape index (κ3) is 2.43. The Balaban J connectivity index is 2.72. The Hall–Kier alpha value is -1.23. The van der Waals surface area contributed by atoms with Gasteiger partial charge in [0.05, 0.1) is 0 Å². The van der Waals surface area contributed by atoms with Gasteiger partial charge in [-0.3, -0.25) is 0 Å². The first kappa shape index (κ1) is 8.86. The molecule has 0 aromatic carbocycles. The Morgan fingerprint density at radius 3 is 2.92 bits per heavy atom. The van der Waals surface area contributed by atoms with Gasteiger partial charge >= 0.3 is 6.61 Å². The molecule has 1 rings (SSSR count). The number of rotatable bonds is 3. The van der Waals surface area contributed by atoms with Crippen LogP contribution in [-0.4, -0.2) is 11.6 Å². The van der Waals surface area contributed by atoms with E-state index in [9.17, 15) is 8.78 Å². The SMILES string of the molecule is NCc1ccnc(OC(F)F)c1. The van der Waals surface area contributed by atoms with Crippen molar-refractivity contribution in [3.05, 3.63) is 23.9 Å². The monoisotopic (exact) mass is 174 g/mol. The molecule has 66 valence electrons. The molecule has 0 fully saturated rings. The van der Waals surface area contributed by atoms with Gasteiger partial charge in [-0.05, 0) is 11.6 Å². The number of ether oxygens (including phenoxy) is 1. The number of hydrogen-bond donors (Lipinski definition) is 1. The van der Waals surface area contributed by atoms with E-state index in [2.05, 4.69) is 9.72 Å². The normalized spacial score (nSPS) is 10.3. The molecule has 12 heavy (non-hydrogen) atoms. The van der Waals surface area contributed by atoms with Crippen molar-refractivity contribution in [3.8, 4) is 5.88 Å². The lowest BCUT2D eigenvalue weighted by molar-refractivity contribution is -0.0528. The maximum atomic E-state index is 11.7. The average Bonchev–Trinajstić information content (AvgIpc) is 2.03. The lowest BCUT2D eigenvalue weighted by Gasteiger charge is -2.03. The Bertz CT molecular complexity index is 255. The summed E-state index contributed by atoms with van der Waals surface area (Å²) in [6, 6.07) is 3.02. The number of nitrogens with zero attached hydrogens (tertiary/aromatic N) is 1. The largest absolute Gasteiger partial charge is 0.417 e. The Morgan fingerprint density at radius 1 is 1.58 bits per heavy atom. The molecule has 0 unspecified atom stereocenters. The van der Waals surface area contributed by atoms with Gasteiger partial charge in [0.15, 0.2) is 0 Å². The van der Waals surface area contributed by atoms with Crippen LogP contribution < -0.4 is 10.5 Å². The van der Waals surface area contributed by atoms with E-state index in [4.69, 9.17) is 5.73 Å². The lowest BCUT2D eigenvalue weighted by atomic mass is 10.3. The van der Waals surface area contributed by atoms with E-state index in [0.717, 1.165) is 0 Å². The molecule has 0 amide bonds. The highest BCUT2D eigenvalue weighted by atomic mass is 19.3. The van der Waals surface area contributed by atoms with E-state index in [1.54, 1.807) is 6.07 Å². The lowest BCUT2D eigenvalue weighted by Crippen LogP contribution is -2.04. The van der Waals surface area contributed by atoms with Crippen LogP contribution in [-0.2, 0) is 6.54 Å². The summed E-state index contributed by atoms with van der Waals surface area (Å²) in [6.45, 7) is -2.56. The molecule has 0 saturated heterocycles. The van der Waals surface area contributed by atoms with E-state index < -0.39 is 6.61 Å². The van der Waals surface area contributed by atoms with E-state index in [0.29, 0.717) is 5.56 Å². The molecule has 0 aliphatic rings. The first-order chi connectivity index (χ1) is 5.72. The maximum Gasteiger partial charge on any atom is 0.388 e.